The molecular formula is C26H39N3O5. The van der Waals surface area contributed by atoms with Gasteiger partial charge in [-0.25, -0.2) is 0 Å². The Morgan fingerprint density at radius 2 is 1.82 bits per heavy atom. The Morgan fingerprint density at radius 1 is 1.18 bits per heavy atom. The van der Waals surface area contributed by atoms with Crippen LogP contribution in [0, 0.1) is 11.3 Å². The molecule has 2 aliphatic carbocycles. The van der Waals surface area contributed by atoms with Crippen molar-refractivity contribution in [3.8, 4) is 0 Å². The van der Waals surface area contributed by atoms with Crippen LogP contribution in [0.15, 0.2) is 30.3 Å². The van der Waals surface area contributed by atoms with E-state index in [1.54, 1.807) is 13.8 Å². The van der Waals surface area contributed by atoms with Crippen molar-refractivity contribution in [2.24, 2.45) is 22.8 Å². The lowest BCUT2D eigenvalue weighted by atomic mass is 9.58. The van der Waals surface area contributed by atoms with Gasteiger partial charge in [0.05, 0.1) is 18.6 Å². The number of ketones is 1. The van der Waals surface area contributed by atoms with Gasteiger partial charge < -0.3 is 21.3 Å². The summed E-state index contributed by atoms with van der Waals surface area (Å²) in [6.45, 7) is 5.54. The first-order chi connectivity index (χ1) is 16.0. The Kier molecular flexibility index (Phi) is 7.85. The van der Waals surface area contributed by atoms with Crippen molar-refractivity contribution in [1.82, 2.24) is 5.32 Å². The largest absolute Gasteiger partial charge is 0.481 e. The van der Waals surface area contributed by atoms with Crippen molar-refractivity contribution >= 4 is 17.7 Å². The number of esters is 1. The lowest BCUT2D eigenvalue weighted by molar-refractivity contribution is -0.149. The number of carbonyl (C=O) groups is 3. The number of rotatable bonds is 10. The molecule has 1 aromatic carbocycles. The number of carboxylic acid groups (broad SMARTS) is 1. The van der Waals surface area contributed by atoms with Gasteiger partial charge in [0.25, 0.3) is 0 Å². The second-order valence-corrected chi connectivity index (χ2v) is 10.3. The molecular weight excluding hydrogens is 434 g/mol. The molecule has 0 radical (unpaired) electrons. The molecule has 3 rings (SSSR count). The number of hydrogen-bond donors (Lipinski definition) is 4. The van der Waals surface area contributed by atoms with Crippen molar-refractivity contribution in [3.05, 3.63) is 35.9 Å². The molecule has 8 heteroatoms. The maximum Gasteiger partial charge on any atom is 0.323 e. The van der Waals surface area contributed by atoms with E-state index in [-0.39, 0.29) is 13.0 Å². The molecule has 0 spiro atoms. The highest BCUT2D eigenvalue weighted by Gasteiger charge is 2.72. The minimum atomic E-state index is -1.74. The number of hydrogen-bond acceptors (Lipinski definition) is 7. The van der Waals surface area contributed by atoms with Gasteiger partial charge in [-0.05, 0) is 56.9 Å². The fraction of sp³-hybridized carbons (Fsp3) is 0.654. The van der Waals surface area contributed by atoms with Crippen molar-refractivity contribution in [2.75, 3.05) is 6.61 Å². The fourth-order valence-corrected chi connectivity index (χ4v) is 6.23. The molecule has 2 fully saturated rings. The fourth-order valence-electron chi connectivity index (χ4n) is 6.23. The molecule has 2 saturated carbocycles. The molecule has 6 N–H and O–H groups in total. The number of nitrogens with one attached hydrogen (secondary N) is 1. The van der Waals surface area contributed by atoms with E-state index in [1.807, 2.05) is 37.3 Å². The van der Waals surface area contributed by atoms with Crippen LogP contribution >= 0.6 is 0 Å². The summed E-state index contributed by atoms with van der Waals surface area (Å²) in [5, 5.41) is 13.1. The smallest absolute Gasteiger partial charge is 0.323 e. The molecule has 2 aliphatic rings. The number of nitrogens with two attached hydrogens (primary N) is 2. The number of benzene rings is 1. The summed E-state index contributed by atoms with van der Waals surface area (Å²) in [4.78, 5) is 38.8. The first-order valence-electron chi connectivity index (χ1n) is 12.3. The first kappa shape index (κ1) is 26.3. The number of carbonyl (C=O) groups excluding carboxylic acids is 2. The van der Waals surface area contributed by atoms with E-state index < -0.39 is 52.2 Å². The van der Waals surface area contributed by atoms with Crippen LogP contribution in [-0.2, 0) is 25.5 Å². The van der Waals surface area contributed by atoms with Gasteiger partial charge in [0, 0.05) is 5.54 Å². The quantitative estimate of drug-likeness (QED) is 0.378. The van der Waals surface area contributed by atoms with Gasteiger partial charge in [-0.1, -0.05) is 50.1 Å². The monoisotopic (exact) mass is 473 g/mol. The SMILES string of the molecule is CCOC(=O)[C@H](CCc1ccccc1)NC(C)C(=O)[C@]1(N)[C@@H](C(=O)O)C[C@]2(C)CCCC[C@]21N. The highest BCUT2D eigenvalue weighted by atomic mass is 16.5. The summed E-state index contributed by atoms with van der Waals surface area (Å²) in [6, 6.07) is 8.13. The van der Waals surface area contributed by atoms with Crippen LogP contribution in [0.25, 0.3) is 0 Å². The summed E-state index contributed by atoms with van der Waals surface area (Å²) in [5.41, 5.74) is 11.3. The first-order valence-corrected chi connectivity index (χ1v) is 12.3. The second kappa shape index (κ2) is 10.1. The number of fused-ring (bicyclic) bond motifs is 1. The summed E-state index contributed by atoms with van der Waals surface area (Å²) in [5.74, 6) is -3.09. The third-order valence-corrected chi connectivity index (χ3v) is 8.26. The number of aliphatic carboxylic acids is 1. The van der Waals surface area contributed by atoms with Crippen LogP contribution in [0.4, 0.5) is 0 Å². The van der Waals surface area contributed by atoms with Crippen LogP contribution in [0.3, 0.4) is 0 Å². The molecule has 6 atom stereocenters. The Labute approximate surface area is 201 Å². The van der Waals surface area contributed by atoms with Crippen molar-refractivity contribution in [2.45, 2.75) is 88.9 Å². The average molecular weight is 474 g/mol. The Hall–Kier alpha value is -2.29. The normalized spacial score (nSPS) is 32.4. The van der Waals surface area contributed by atoms with Crippen molar-refractivity contribution in [1.29, 1.82) is 0 Å². The molecule has 0 saturated heterocycles. The molecule has 0 amide bonds. The van der Waals surface area contributed by atoms with Crippen LogP contribution in [-0.4, -0.2) is 52.6 Å². The zero-order valence-corrected chi connectivity index (χ0v) is 20.5. The molecule has 1 unspecified atom stereocenters. The zero-order valence-electron chi connectivity index (χ0n) is 20.5. The summed E-state index contributed by atoms with van der Waals surface area (Å²) < 4.78 is 5.24. The zero-order chi connectivity index (χ0) is 25.1. The predicted octanol–water partition coefficient (Wildman–Crippen LogP) is 2.18. The van der Waals surface area contributed by atoms with E-state index >= 15 is 0 Å². The minimum absolute atomic E-state index is 0.219. The minimum Gasteiger partial charge on any atom is -0.481 e. The predicted molar refractivity (Wildman–Crippen MR) is 129 cm³/mol. The Morgan fingerprint density at radius 3 is 2.44 bits per heavy atom. The number of carboxylic acids is 1. The number of Topliss-reactive ketones (excluding diaryl/α,β-unsaturated/α-hetero) is 1. The van der Waals surface area contributed by atoms with E-state index in [0.29, 0.717) is 19.3 Å². The van der Waals surface area contributed by atoms with Gasteiger partial charge in [-0.15, -0.1) is 0 Å². The van der Waals surface area contributed by atoms with Gasteiger partial charge in [-0.3, -0.25) is 19.7 Å². The van der Waals surface area contributed by atoms with Gasteiger partial charge in [0.15, 0.2) is 5.78 Å². The molecule has 188 valence electrons. The van der Waals surface area contributed by atoms with E-state index in [0.717, 1.165) is 24.8 Å². The molecule has 34 heavy (non-hydrogen) atoms. The van der Waals surface area contributed by atoms with Crippen molar-refractivity contribution in [3.63, 3.8) is 0 Å². The Balaban J connectivity index is 1.85. The van der Waals surface area contributed by atoms with Gasteiger partial charge >= 0.3 is 11.9 Å². The maximum absolute atomic E-state index is 13.9. The summed E-state index contributed by atoms with van der Waals surface area (Å²) >= 11 is 0. The molecule has 0 heterocycles. The van der Waals surface area contributed by atoms with Crippen LogP contribution < -0.4 is 16.8 Å². The van der Waals surface area contributed by atoms with E-state index in [9.17, 15) is 19.5 Å². The highest BCUT2D eigenvalue weighted by Crippen LogP contribution is 2.60. The summed E-state index contributed by atoms with van der Waals surface area (Å²) in [7, 11) is 0. The Bertz CT molecular complexity index is 909. The van der Waals surface area contributed by atoms with Gasteiger partial charge in [0.1, 0.15) is 11.6 Å². The topological polar surface area (TPSA) is 145 Å². The molecule has 1 aromatic rings. The maximum atomic E-state index is 13.9. The van der Waals surface area contributed by atoms with Crippen molar-refractivity contribution < 1.29 is 24.2 Å². The lowest BCUT2D eigenvalue weighted by Gasteiger charge is -2.52. The second-order valence-electron chi connectivity index (χ2n) is 10.3. The highest BCUT2D eigenvalue weighted by molar-refractivity contribution is 5.99. The van der Waals surface area contributed by atoms with E-state index in [1.165, 1.54) is 0 Å². The molecule has 0 aromatic heterocycles. The van der Waals surface area contributed by atoms with E-state index in [4.69, 9.17) is 16.2 Å². The third-order valence-electron chi connectivity index (χ3n) is 8.26. The lowest BCUT2D eigenvalue weighted by Crippen LogP contribution is -2.76. The summed E-state index contributed by atoms with van der Waals surface area (Å²) in [6.07, 6.45) is 4.28. The van der Waals surface area contributed by atoms with E-state index in [2.05, 4.69) is 5.32 Å². The number of aryl methyl sites for hydroxylation is 1. The van der Waals surface area contributed by atoms with Crippen LogP contribution in [0.5, 0.6) is 0 Å². The molecule has 0 bridgehead atoms. The van der Waals surface area contributed by atoms with Gasteiger partial charge in [-0.2, -0.15) is 0 Å². The third kappa shape index (κ3) is 4.51. The average Bonchev–Trinajstić information content (AvgIpc) is 3.01. The van der Waals surface area contributed by atoms with Crippen LogP contribution in [0.2, 0.25) is 0 Å². The van der Waals surface area contributed by atoms with Crippen LogP contribution in [0.1, 0.15) is 64.9 Å². The van der Waals surface area contributed by atoms with Gasteiger partial charge in [0.2, 0.25) is 0 Å². The molecule has 8 nitrogen and oxygen atoms in total. The number of ether oxygens (including phenoxy) is 1. The standard InChI is InChI=1S/C26H39N3O5/c1-4-34-23(33)20(13-12-18-10-6-5-7-11-18)29-17(2)21(30)26(28)19(22(31)32)16-24(3)14-8-9-15-25(24,26)27/h5-7,10-11,17,19-20,29H,4,8-9,12-16,27-28H2,1-3H3,(H,31,32)/t17?,19-,20+,24+,25+,26-/m1/s1. The molecule has 0 aliphatic heterocycles.